The number of methoxy groups -OCH3 is 2. The first-order valence-electron chi connectivity index (χ1n) is 16.6. The van der Waals surface area contributed by atoms with Crippen LogP contribution < -0.4 is 19.5 Å². The fourth-order valence-corrected chi connectivity index (χ4v) is 6.68. The summed E-state index contributed by atoms with van der Waals surface area (Å²) in [6.07, 6.45) is 0. The number of aryl methyl sites for hydroxylation is 1. The number of hydrogen-bond acceptors (Lipinski definition) is 6. The molecule has 6 rings (SSSR count). The minimum absolute atomic E-state index is 0.262. The number of aromatic nitrogens is 1. The molecule has 1 fully saturated rings. The van der Waals surface area contributed by atoms with Gasteiger partial charge in [0.2, 0.25) is 0 Å². The molecule has 1 unspecified atom stereocenters. The zero-order valence-corrected chi connectivity index (χ0v) is 28.9. The van der Waals surface area contributed by atoms with Gasteiger partial charge in [-0.1, -0.05) is 43.3 Å². The maximum Gasteiger partial charge on any atom is 0.255 e. The van der Waals surface area contributed by atoms with Crippen LogP contribution in [-0.4, -0.2) is 74.3 Å². The molecule has 0 saturated carbocycles. The van der Waals surface area contributed by atoms with E-state index >= 15 is 0 Å². The lowest BCUT2D eigenvalue weighted by atomic mass is 10.0. The normalized spacial score (nSPS) is 14.5. The van der Waals surface area contributed by atoms with Crippen LogP contribution in [0.1, 0.15) is 28.5 Å². The Balaban J connectivity index is 1.16. The molecule has 1 amide bonds. The average molecular weight is 647 g/mol. The molecule has 1 saturated heterocycles. The quantitative estimate of drug-likeness (QED) is 0.158. The van der Waals surface area contributed by atoms with Crippen LogP contribution in [0, 0.1) is 19.8 Å². The number of nitrogens with one attached hydrogen (secondary N) is 1. The molecule has 0 radical (unpaired) electrons. The van der Waals surface area contributed by atoms with E-state index in [4.69, 9.17) is 14.2 Å². The van der Waals surface area contributed by atoms with Crippen molar-refractivity contribution in [1.29, 1.82) is 0 Å². The molecule has 8 heteroatoms. The van der Waals surface area contributed by atoms with Gasteiger partial charge in [0.25, 0.3) is 5.91 Å². The highest BCUT2D eigenvalue weighted by atomic mass is 16.5. The number of ether oxygens (including phenoxy) is 3. The number of hydrogen-bond donors (Lipinski definition) is 1. The van der Waals surface area contributed by atoms with Gasteiger partial charge in [-0.25, -0.2) is 0 Å². The third-order valence-corrected chi connectivity index (χ3v) is 9.43. The maximum atomic E-state index is 13.4. The van der Waals surface area contributed by atoms with Gasteiger partial charge >= 0.3 is 0 Å². The number of rotatable bonds is 11. The second kappa shape index (κ2) is 14.5. The summed E-state index contributed by atoms with van der Waals surface area (Å²) in [5.41, 5.74) is 6.61. The van der Waals surface area contributed by atoms with Crippen LogP contribution in [0.5, 0.6) is 23.0 Å². The number of likely N-dealkylation sites (N-methyl/N-ethyl adjacent to an activating group) is 1. The van der Waals surface area contributed by atoms with E-state index in [0.29, 0.717) is 34.4 Å². The highest BCUT2D eigenvalue weighted by Gasteiger charge is 2.20. The number of fused-ring (bicyclic) bond motifs is 1. The largest absolute Gasteiger partial charge is 0.496 e. The lowest BCUT2D eigenvalue weighted by Gasteiger charge is -2.34. The molecular weight excluding hydrogens is 600 g/mol. The van der Waals surface area contributed by atoms with E-state index in [0.717, 1.165) is 56.1 Å². The number of benzene rings is 4. The van der Waals surface area contributed by atoms with Crippen molar-refractivity contribution in [3.8, 4) is 34.1 Å². The average Bonchev–Trinajstić information content (AvgIpc) is 3.33. The molecule has 0 spiro atoms. The Kier molecular flexibility index (Phi) is 10.0. The first-order chi connectivity index (χ1) is 23.2. The number of nitrogens with zero attached hydrogens (tertiary/aromatic N) is 3. The number of carbonyl (C=O) groups is 1. The standard InChI is InChI=1S/C40H46N4O4/c1-27(25-43-19-17-42(4)18-20-43)26-44-29(3)28(2)35-24-34(15-16-36(35)44)48-33-14-10-13-31(21-33)40(45)41-32-22-37(46-5)39(38(23-32)47-6)30-11-8-7-9-12-30/h7-16,21-24,27H,17-20,25-26H2,1-6H3,(H,41,45). The Labute approximate surface area is 283 Å². The third kappa shape index (κ3) is 7.20. The van der Waals surface area contributed by atoms with Gasteiger partial charge in [0.05, 0.1) is 19.8 Å². The van der Waals surface area contributed by atoms with Gasteiger partial charge in [-0.05, 0) is 74.3 Å². The van der Waals surface area contributed by atoms with E-state index < -0.39 is 0 Å². The number of piperazine rings is 1. The molecular formula is C40H46N4O4. The molecule has 1 aromatic heterocycles. The van der Waals surface area contributed by atoms with Gasteiger partial charge in [0.1, 0.15) is 23.0 Å². The van der Waals surface area contributed by atoms with Crippen LogP contribution in [0.25, 0.3) is 22.0 Å². The highest BCUT2D eigenvalue weighted by molar-refractivity contribution is 6.05. The molecule has 0 aliphatic carbocycles. The summed E-state index contributed by atoms with van der Waals surface area (Å²) < 4.78 is 20.2. The maximum absolute atomic E-state index is 13.4. The van der Waals surface area contributed by atoms with Crippen LogP contribution in [0.15, 0.2) is 84.9 Å². The van der Waals surface area contributed by atoms with Gasteiger partial charge in [0, 0.05) is 79.2 Å². The van der Waals surface area contributed by atoms with E-state index in [2.05, 4.69) is 59.6 Å². The SMILES string of the molecule is COc1cc(NC(=O)c2cccc(Oc3ccc4c(c3)c(C)c(C)n4CC(C)CN3CCN(C)CC3)c2)cc(OC)c1-c1ccccc1. The Hall–Kier alpha value is -4.79. The lowest BCUT2D eigenvalue weighted by molar-refractivity contribution is 0.102. The molecule has 0 bridgehead atoms. The van der Waals surface area contributed by atoms with Gasteiger partial charge < -0.3 is 33.9 Å². The van der Waals surface area contributed by atoms with E-state index in [1.54, 1.807) is 26.4 Å². The van der Waals surface area contributed by atoms with Gasteiger partial charge in [-0.15, -0.1) is 0 Å². The van der Waals surface area contributed by atoms with Crippen molar-refractivity contribution >= 4 is 22.5 Å². The summed E-state index contributed by atoms with van der Waals surface area (Å²) in [5, 5.41) is 4.19. The lowest BCUT2D eigenvalue weighted by Crippen LogP contribution is -2.46. The summed E-state index contributed by atoms with van der Waals surface area (Å²) >= 11 is 0. The molecule has 1 aliphatic rings. The smallest absolute Gasteiger partial charge is 0.255 e. The minimum atomic E-state index is -0.262. The van der Waals surface area contributed by atoms with E-state index in [1.165, 1.54) is 22.2 Å². The van der Waals surface area contributed by atoms with E-state index in [9.17, 15) is 4.79 Å². The van der Waals surface area contributed by atoms with Crippen molar-refractivity contribution in [1.82, 2.24) is 14.4 Å². The highest BCUT2D eigenvalue weighted by Crippen LogP contribution is 2.41. The minimum Gasteiger partial charge on any atom is -0.496 e. The van der Waals surface area contributed by atoms with Crippen LogP contribution in [0.4, 0.5) is 5.69 Å². The van der Waals surface area contributed by atoms with Gasteiger partial charge in [0.15, 0.2) is 0 Å². The van der Waals surface area contributed by atoms with Crippen molar-refractivity contribution in [2.75, 3.05) is 59.3 Å². The summed E-state index contributed by atoms with van der Waals surface area (Å²) in [4.78, 5) is 18.4. The molecule has 1 atom stereocenters. The summed E-state index contributed by atoms with van der Waals surface area (Å²) in [7, 11) is 5.42. The number of amides is 1. The number of anilines is 1. The van der Waals surface area contributed by atoms with Crippen molar-refractivity contribution in [3.63, 3.8) is 0 Å². The van der Waals surface area contributed by atoms with Crippen molar-refractivity contribution < 1.29 is 19.0 Å². The predicted molar refractivity (Wildman–Crippen MR) is 194 cm³/mol. The molecule has 5 aromatic rings. The zero-order valence-electron chi connectivity index (χ0n) is 28.9. The Bertz CT molecular complexity index is 1870. The summed E-state index contributed by atoms with van der Waals surface area (Å²) in [5.74, 6) is 2.81. The molecule has 1 N–H and O–H groups in total. The monoisotopic (exact) mass is 646 g/mol. The molecule has 48 heavy (non-hydrogen) atoms. The Morgan fingerprint density at radius 2 is 1.50 bits per heavy atom. The fraction of sp³-hybridized carbons (Fsp3) is 0.325. The number of carbonyl (C=O) groups excluding carboxylic acids is 1. The molecule has 8 nitrogen and oxygen atoms in total. The Morgan fingerprint density at radius 3 is 2.19 bits per heavy atom. The Morgan fingerprint density at radius 1 is 0.812 bits per heavy atom. The first-order valence-corrected chi connectivity index (χ1v) is 16.6. The van der Waals surface area contributed by atoms with E-state index in [-0.39, 0.29) is 5.91 Å². The van der Waals surface area contributed by atoms with Gasteiger partial charge in [-0.2, -0.15) is 0 Å². The second-order valence-electron chi connectivity index (χ2n) is 12.9. The van der Waals surface area contributed by atoms with Gasteiger partial charge in [-0.3, -0.25) is 4.79 Å². The molecule has 1 aliphatic heterocycles. The first kappa shape index (κ1) is 33.1. The second-order valence-corrected chi connectivity index (χ2v) is 12.9. The van der Waals surface area contributed by atoms with Crippen LogP contribution in [0.3, 0.4) is 0 Å². The van der Waals surface area contributed by atoms with Crippen molar-refractivity contribution in [2.45, 2.75) is 27.3 Å². The molecule has 4 aromatic carbocycles. The summed E-state index contributed by atoms with van der Waals surface area (Å²) in [6, 6.07) is 27.0. The fourth-order valence-electron chi connectivity index (χ4n) is 6.68. The topological polar surface area (TPSA) is 68.2 Å². The van der Waals surface area contributed by atoms with Crippen molar-refractivity contribution in [3.05, 3.63) is 102 Å². The van der Waals surface area contributed by atoms with E-state index in [1.807, 2.05) is 60.7 Å². The summed E-state index contributed by atoms with van der Waals surface area (Å²) in [6.45, 7) is 13.4. The molecule has 2 heterocycles. The predicted octanol–water partition coefficient (Wildman–Crippen LogP) is 7.87. The van der Waals surface area contributed by atoms with Crippen LogP contribution >= 0.6 is 0 Å². The van der Waals surface area contributed by atoms with Crippen LogP contribution in [0.2, 0.25) is 0 Å². The third-order valence-electron chi connectivity index (χ3n) is 9.43. The van der Waals surface area contributed by atoms with Crippen LogP contribution in [-0.2, 0) is 6.54 Å². The zero-order chi connectivity index (χ0) is 33.8. The molecule has 250 valence electrons. The van der Waals surface area contributed by atoms with Crippen molar-refractivity contribution in [2.24, 2.45) is 5.92 Å².